The molecular weight excluding hydrogens is 440 g/mol. The third kappa shape index (κ3) is 7.85. The molecule has 6 N–H and O–H groups in total. The first-order valence-corrected chi connectivity index (χ1v) is 10.9. The highest BCUT2D eigenvalue weighted by Crippen LogP contribution is 2.28. The number of benzene rings is 2. The number of aliphatic hydroxyl groups is 1. The first kappa shape index (κ1) is 26.3. The highest BCUT2D eigenvalue weighted by atomic mass is 16.7. The van der Waals surface area contributed by atoms with Crippen LogP contribution in [0.2, 0.25) is 0 Å². The van der Waals surface area contributed by atoms with E-state index < -0.39 is 22.9 Å². The van der Waals surface area contributed by atoms with Gasteiger partial charge in [0.2, 0.25) is 11.8 Å². The van der Waals surface area contributed by atoms with Crippen LogP contribution in [-0.4, -0.2) is 58.6 Å². The molecule has 0 aliphatic carbocycles. The lowest BCUT2D eigenvalue weighted by molar-refractivity contribution is -0.485. The van der Waals surface area contributed by atoms with Crippen LogP contribution in [0.15, 0.2) is 65.8 Å². The zero-order chi connectivity index (χ0) is 24.9. The van der Waals surface area contributed by atoms with Crippen LogP contribution in [0.1, 0.15) is 36.3 Å². The second-order valence-electron chi connectivity index (χ2n) is 7.57. The number of amides is 2. The van der Waals surface area contributed by atoms with Crippen LogP contribution in [0.25, 0.3) is 0 Å². The lowest BCUT2D eigenvalue weighted by Gasteiger charge is -2.33. The number of hydrazone groups is 1. The van der Waals surface area contributed by atoms with Gasteiger partial charge in [0.25, 0.3) is 5.96 Å². The quantitative estimate of drug-likeness (QED) is 0.110. The zero-order valence-electron chi connectivity index (χ0n) is 18.7. The molecule has 34 heavy (non-hydrogen) atoms. The van der Waals surface area contributed by atoms with E-state index in [1.165, 1.54) is 4.90 Å². The highest BCUT2D eigenvalue weighted by molar-refractivity contribution is 5.92. The summed E-state index contributed by atoms with van der Waals surface area (Å²) in [5, 5.41) is 24.4. The molecule has 0 aliphatic rings. The Hall–Kier alpha value is -3.99. The highest BCUT2D eigenvalue weighted by Gasteiger charge is 2.33. The van der Waals surface area contributed by atoms with Gasteiger partial charge in [-0.15, -0.1) is 0 Å². The number of guanidine groups is 1. The van der Waals surface area contributed by atoms with E-state index in [1.54, 1.807) is 0 Å². The van der Waals surface area contributed by atoms with Crippen molar-refractivity contribution in [2.24, 2.45) is 16.6 Å². The molecule has 0 saturated carbocycles. The Kier molecular flexibility index (Phi) is 10.5. The minimum Gasteiger partial charge on any atom is -0.396 e. The van der Waals surface area contributed by atoms with Crippen molar-refractivity contribution in [3.63, 3.8) is 0 Å². The van der Waals surface area contributed by atoms with Gasteiger partial charge in [0.15, 0.2) is 5.03 Å². The van der Waals surface area contributed by atoms with Gasteiger partial charge in [0.1, 0.15) is 11.1 Å². The van der Waals surface area contributed by atoms with Gasteiger partial charge >= 0.3 is 0 Å². The van der Waals surface area contributed by atoms with Crippen molar-refractivity contribution in [2.45, 2.75) is 31.2 Å². The number of hydrogen-bond acceptors (Lipinski definition) is 5. The van der Waals surface area contributed by atoms with Crippen molar-refractivity contribution < 1.29 is 19.7 Å². The van der Waals surface area contributed by atoms with Crippen LogP contribution in [0.5, 0.6) is 0 Å². The smallest absolute Gasteiger partial charge is 0.266 e. The van der Waals surface area contributed by atoms with E-state index in [0.717, 1.165) is 11.1 Å². The maximum atomic E-state index is 13.9. The summed E-state index contributed by atoms with van der Waals surface area (Å²) in [6.07, 6.45) is 0.805. The molecule has 11 heteroatoms. The summed E-state index contributed by atoms with van der Waals surface area (Å²) in [4.78, 5) is 38.0. The average Bonchev–Trinajstić information content (AvgIpc) is 2.81. The molecule has 0 unspecified atom stereocenters. The molecule has 11 nitrogen and oxygen atoms in total. The van der Waals surface area contributed by atoms with Crippen molar-refractivity contribution in [3.8, 4) is 0 Å². The van der Waals surface area contributed by atoms with Crippen molar-refractivity contribution in [1.82, 2.24) is 10.2 Å². The monoisotopic (exact) mass is 470 g/mol. The van der Waals surface area contributed by atoms with Gasteiger partial charge in [0, 0.05) is 19.7 Å². The Balaban J connectivity index is 2.29. The van der Waals surface area contributed by atoms with Crippen LogP contribution in [-0.2, 0) is 9.59 Å². The molecular formula is C23H30N6O5. The predicted octanol–water partition coefficient (Wildman–Crippen LogP) is 0.760. The first-order chi connectivity index (χ1) is 16.3. The fourth-order valence-electron chi connectivity index (χ4n) is 3.68. The number of nitrogens with zero attached hydrogens (tertiary/aromatic N) is 3. The molecule has 0 fully saturated rings. The van der Waals surface area contributed by atoms with Gasteiger partial charge in [-0.3, -0.25) is 9.59 Å². The Morgan fingerprint density at radius 3 is 2.06 bits per heavy atom. The Bertz CT molecular complexity index is 931. The molecule has 0 spiro atoms. The summed E-state index contributed by atoms with van der Waals surface area (Å²) < 4.78 is 0. The molecule has 0 saturated heterocycles. The third-order valence-corrected chi connectivity index (χ3v) is 5.21. The molecule has 0 aromatic heterocycles. The molecule has 2 aromatic carbocycles. The lowest BCUT2D eigenvalue weighted by atomic mass is 9.89. The molecule has 0 radical (unpaired) electrons. The number of carbonyl (C=O) groups excluding carboxylic acids is 2. The molecule has 182 valence electrons. The fourth-order valence-corrected chi connectivity index (χ4v) is 3.68. The van der Waals surface area contributed by atoms with Crippen molar-refractivity contribution in [2.75, 3.05) is 19.7 Å². The minimum atomic E-state index is -0.940. The topological polar surface area (TPSA) is 177 Å². The molecule has 1 atom stereocenters. The minimum absolute atomic E-state index is 0.136. The van der Waals surface area contributed by atoms with E-state index in [-0.39, 0.29) is 44.4 Å². The van der Waals surface area contributed by atoms with Gasteiger partial charge in [-0.05, 0) is 30.4 Å². The van der Waals surface area contributed by atoms with Gasteiger partial charge in [-0.2, -0.15) is 0 Å². The largest absolute Gasteiger partial charge is 0.396 e. The second-order valence-corrected chi connectivity index (χ2v) is 7.57. The summed E-state index contributed by atoms with van der Waals surface area (Å²) in [6, 6.07) is 17.5. The maximum absolute atomic E-state index is 13.9. The van der Waals surface area contributed by atoms with Crippen molar-refractivity contribution in [1.29, 1.82) is 0 Å². The summed E-state index contributed by atoms with van der Waals surface area (Å²) in [6.45, 7) is 0.166. The van der Waals surface area contributed by atoms with Crippen LogP contribution in [0, 0.1) is 10.1 Å². The molecule has 2 amide bonds. The number of primary amides is 1. The molecule has 0 bridgehead atoms. The Morgan fingerprint density at radius 1 is 1.03 bits per heavy atom. The number of nitrogens with one attached hydrogen (secondary N) is 1. The fraction of sp³-hybridized carbons (Fsp3) is 0.348. The first-order valence-electron chi connectivity index (χ1n) is 10.9. The summed E-state index contributed by atoms with van der Waals surface area (Å²) in [5.74, 6) is -2.01. The molecule has 0 aliphatic heterocycles. The molecule has 0 heterocycles. The summed E-state index contributed by atoms with van der Waals surface area (Å²) >= 11 is 0. The zero-order valence-corrected chi connectivity index (χ0v) is 18.7. The molecule has 2 rings (SSSR count). The molecule has 2 aromatic rings. The predicted molar refractivity (Wildman–Crippen MR) is 127 cm³/mol. The number of hydrogen-bond donors (Lipinski definition) is 4. The van der Waals surface area contributed by atoms with Crippen molar-refractivity contribution >= 4 is 17.8 Å². The second kappa shape index (κ2) is 13.5. The normalized spacial score (nSPS) is 12.2. The Morgan fingerprint density at radius 2 is 1.59 bits per heavy atom. The van der Waals surface area contributed by atoms with E-state index >= 15 is 0 Å². The van der Waals surface area contributed by atoms with Gasteiger partial charge in [0.05, 0.1) is 5.92 Å². The third-order valence-electron chi connectivity index (χ3n) is 5.21. The number of aliphatic hydroxyl groups excluding tert-OH is 1. The number of nitrogens with two attached hydrogens (primary N) is 2. The van der Waals surface area contributed by atoms with Gasteiger partial charge in [-0.1, -0.05) is 60.7 Å². The summed E-state index contributed by atoms with van der Waals surface area (Å²) in [7, 11) is 0. The standard InChI is InChI=1S/C23H30N6O5/c24-21(31)19(13-7-14-26-23(25)27-29(33)34)28(15-8-16-30)22(32)20(17-9-3-1-4-10-17)18-11-5-2-6-12-18/h1-6,9-12,19-20,30H,7-8,13-16H2,(H2,24,31)(H3,25,26,27)/t19-/m1/s1. The van der Waals surface area contributed by atoms with E-state index in [4.69, 9.17) is 11.5 Å². The van der Waals surface area contributed by atoms with Crippen LogP contribution in [0.3, 0.4) is 0 Å². The van der Waals surface area contributed by atoms with Crippen LogP contribution < -0.4 is 16.8 Å². The number of nitro groups is 1. The summed E-state index contributed by atoms with van der Waals surface area (Å²) in [5.41, 5.74) is 12.6. The van der Waals surface area contributed by atoms with E-state index in [2.05, 4.69) is 10.4 Å². The van der Waals surface area contributed by atoms with Gasteiger partial charge < -0.3 is 26.8 Å². The number of carbonyl (C=O) groups is 2. The van der Waals surface area contributed by atoms with E-state index in [0.29, 0.717) is 6.42 Å². The maximum Gasteiger partial charge on any atom is 0.266 e. The van der Waals surface area contributed by atoms with Crippen LogP contribution in [0.4, 0.5) is 0 Å². The average molecular weight is 471 g/mol. The van der Waals surface area contributed by atoms with E-state index in [1.807, 2.05) is 60.7 Å². The van der Waals surface area contributed by atoms with Gasteiger partial charge in [-0.25, -0.2) is 10.1 Å². The lowest BCUT2D eigenvalue weighted by Crippen LogP contribution is -2.50. The van der Waals surface area contributed by atoms with E-state index in [9.17, 15) is 24.8 Å². The Labute approximate surface area is 197 Å². The van der Waals surface area contributed by atoms with Crippen molar-refractivity contribution in [3.05, 3.63) is 81.9 Å². The number of rotatable bonds is 13. The SMILES string of the molecule is NC(=O)[C@@H](CCCNC(N)=N[N+](=O)[O-])N(CCCO)C(=O)C(c1ccccc1)c1ccccc1. The van der Waals surface area contributed by atoms with Crippen LogP contribution >= 0.6 is 0 Å².